The predicted molar refractivity (Wildman–Crippen MR) is 182 cm³/mol. The van der Waals surface area contributed by atoms with Crippen LogP contribution in [-0.2, 0) is 52.5 Å². The monoisotopic (exact) mass is 979 g/mol. The number of carbonyl (C=O) groups excluding carboxylic acids is 6. The Kier molecular flexibility index (Phi) is 19.9. The van der Waals surface area contributed by atoms with Crippen molar-refractivity contribution in [3.05, 3.63) is 20.8 Å². The first-order chi connectivity index (χ1) is 20.8. The lowest BCUT2D eigenvalue weighted by Gasteiger charge is -2.44. The van der Waals surface area contributed by atoms with Crippen LogP contribution in [-0.4, -0.2) is 116 Å². The van der Waals surface area contributed by atoms with Crippen LogP contribution < -0.4 is 11.1 Å². The first kappa shape index (κ1) is 42.9. The van der Waals surface area contributed by atoms with E-state index in [1.165, 1.54) is 17.9 Å². The van der Waals surface area contributed by atoms with Crippen LogP contribution in [0.25, 0.3) is 0 Å². The van der Waals surface area contributed by atoms with Crippen LogP contribution in [0.2, 0.25) is 0 Å². The molecule has 254 valence electrons. The topological polar surface area (TPSA) is 238 Å². The lowest BCUT2D eigenvalue weighted by atomic mass is 9.93. The number of amides is 2. The average Bonchev–Trinajstić information content (AvgIpc) is 2.92. The van der Waals surface area contributed by atoms with E-state index in [1.54, 1.807) is 22.6 Å². The fourth-order valence-electron chi connectivity index (χ4n) is 3.55. The van der Waals surface area contributed by atoms with Gasteiger partial charge in [-0.2, -0.15) is 0 Å². The van der Waals surface area contributed by atoms with Crippen LogP contribution in [0.3, 0.4) is 0 Å². The summed E-state index contributed by atoms with van der Waals surface area (Å²) in [6.45, 7) is 5.04. The van der Waals surface area contributed by atoms with Gasteiger partial charge in [-0.05, 0) is 51.3 Å². The fourth-order valence-corrected chi connectivity index (χ4v) is 7.36. The van der Waals surface area contributed by atoms with Gasteiger partial charge >= 0.3 is 29.8 Å². The highest BCUT2D eigenvalue weighted by molar-refractivity contribution is 14.1. The van der Waals surface area contributed by atoms with E-state index in [0.29, 0.717) is 6.54 Å². The SMILES string of the molecule is CC(=O)OCC(CNC(=O)C1=C(I)C(C(=O)O)=CC(I)(N(CC(COC(C)=O)OC(C)=O)C(C)=O)C1I)OC(C)=O.NCCO. The van der Waals surface area contributed by atoms with Gasteiger partial charge in [0.15, 0.2) is 12.2 Å². The minimum atomic E-state index is -1.47. The van der Waals surface area contributed by atoms with Crippen molar-refractivity contribution in [3.63, 3.8) is 0 Å². The number of nitrogens with one attached hydrogen (secondary N) is 1. The van der Waals surface area contributed by atoms with Gasteiger partial charge in [-0.15, -0.1) is 0 Å². The molecule has 0 heterocycles. The first-order valence-electron chi connectivity index (χ1n) is 13.0. The van der Waals surface area contributed by atoms with Crippen LogP contribution in [0.4, 0.5) is 0 Å². The van der Waals surface area contributed by atoms with Crippen LogP contribution in [0.1, 0.15) is 34.6 Å². The summed E-state index contributed by atoms with van der Waals surface area (Å²) in [7, 11) is 0. The molecule has 0 spiro atoms. The molecule has 0 saturated heterocycles. The van der Waals surface area contributed by atoms with E-state index in [-0.39, 0.29) is 47.6 Å². The standard InChI is InChI=1S/C24H29I3N2O12.C2H7NO/c1-11(30)29(8-17(41-15(5)34)10-39-13(3)32)24(27)6-18(23(36)37)20(25)19(21(24)26)22(35)28-7-16(40-14(4)33)9-38-12(2)31;3-1-2-4/h6,16-17,21H,7-10H2,1-5H3,(H,28,35)(H,36,37);4H,1-3H2. The van der Waals surface area contributed by atoms with Gasteiger partial charge in [0.25, 0.3) is 0 Å². The summed E-state index contributed by atoms with van der Waals surface area (Å²) in [5.74, 6) is -5.27. The smallest absolute Gasteiger partial charge is 0.336 e. The largest absolute Gasteiger partial charge is 0.478 e. The fraction of sp³-hybridized carbons (Fsp3) is 0.577. The number of esters is 4. The van der Waals surface area contributed by atoms with E-state index >= 15 is 0 Å². The van der Waals surface area contributed by atoms with E-state index in [4.69, 9.17) is 29.8 Å². The summed E-state index contributed by atoms with van der Waals surface area (Å²) in [5, 5.41) is 20.3. The molecule has 1 aliphatic carbocycles. The van der Waals surface area contributed by atoms with Gasteiger partial charge in [0, 0.05) is 50.3 Å². The Morgan fingerprint density at radius 1 is 0.956 bits per heavy atom. The van der Waals surface area contributed by atoms with Crippen LogP contribution in [0.15, 0.2) is 20.8 Å². The summed E-state index contributed by atoms with van der Waals surface area (Å²) < 4.78 is 18.0. The number of alkyl halides is 2. The van der Waals surface area contributed by atoms with E-state index in [1.807, 2.05) is 45.2 Å². The first-order valence-corrected chi connectivity index (χ1v) is 16.4. The Bertz CT molecular complexity index is 1190. The molecule has 0 aromatic heterocycles. The van der Waals surface area contributed by atoms with Gasteiger partial charge in [0.1, 0.15) is 16.8 Å². The second kappa shape index (κ2) is 20.9. The number of halogens is 3. The van der Waals surface area contributed by atoms with E-state index in [9.17, 15) is 38.7 Å². The quantitative estimate of drug-likeness (QED) is 0.0611. The summed E-state index contributed by atoms with van der Waals surface area (Å²) >= 11 is 5.48. The molecule has 0 aliphatic heterocycles. The highest BCUT2D eigenvalue weighted by Crippen LogP contribution is 2.47. The molecule has 0 radical (unpaired) electrons. The number of carboxylic acid groups (broad SMARTS) is 1. The molecule has 4 atom stereocenters. The Labute approximate surface area is 300 Å². The van der Waals surface area contributed by atoms with Crippen molar-refractivity contribution in [2.24, 2.45) is 5.73 Å². The van der Waals surface area contributed by atoms with Crippen molar-refractivity contribution in [1.29, 1.82) is 0 Å². The third kappa shape index (κ3) is 14.9. The number of ether oxygens (including phenoxy) is 4. The molecule has 1 rings (SSSR count). The van der Waals surface area contributed by atoms with E-state index in [2.05, 4.69) is 5.32 Å². The third-order valence-corrected chi connectivity index (χ3v) is 10.8. The van der Waals surface area contributed by atoms with Gasteiger partial charge in [-0.1, -0.05) is 22.6 Å². The van der Waals surface area contributed by atoms with Crippen molar-refractivity contribution in [2.45, 2.75) is 54.3 Å². The lowest BCUT2D eigenvalue weighted by Crippen LogP contribution is -2.57. The number of carboxylic acids is 1. The van der Waals surface area contributed by atoms with E-state index in [0.717, 1.165) is 27.7 Å². The number of nitrogens with zero attached hydrogens (tertiary/aromatic N) is 1. The molecule has 2 amide bonds. The molecule has 45 heavy (non-hydrogen) atoms. The lowest BCUT2D eigenvalue weighted by molar-refractivity contribution is -0.159. The molecular weight excluding hydrogens is 943 g/mol. The maximum absolute atomic E-state index is 13.5. The van der Waals surface area contributed by atoms with Gasteiger partial charge < -0.3 is 45.1 Å². The second-order valence-corrected chi connectivity index (χ2v) is 13.2. The van der Waals surface area contributed by atoms with Gasteiger partial charge in [-0.25, -0.2) is 4.79 Å². The van der Waals surface area contributed by atoms with Crippen molar-refractivity contribution >= 4 is 109 Å². The minimum absolute atomic E-state index is 0.00448. The van der Waals surface area contributed by atoms with Crippen molar-refractivity contribution in [2.75, 3.05) is 39.5 Å². The number of aliphatic hydroxyl groups is 1. The third-order valence-electron chi connectivity index (χ3n) is 5.31. The zero-order valence-electron chi connectivity index (χ0n) is 25.1. The summed E-state index contributed by atoms with van der Waals surface area (Å²) in [5.41, 5.74) is 4.52. The normalized spacial score (nSPS) is 18.5. The average molecular weight is 979 g/mol. The molecule has 0 bridgehead atoms. The molecular formula is C26H36I3N3O13. The molecule has 0 fully saturated rings. The summed E-state index contributed by atoms with van der Waals surface area (Å²) in [6, 6.07) is 0. The van der Waals surface area contributed by atoms with Gasteiger partial charge in [-0.3, -0.25) is 28.8 Å². The molecule has 1 aliphatic rings. The summed E-state index contributed by atoms with van der Waals surface area (Å²) in [6.07, 6.45) is -0.787. The van der Waals surface area contributed by atoms with Crippen LogP contribution in [0, 0.1) is 0 Å². The van der Waals surface area contributed by atoms with Crippen LogP contribution in [0.5, 0.6) is 0 Å². The summed E-state index contributed by atoms with van der Waals surface area (Å²) in [4.78, 5) is 85.6. The number of rotatable bonds is 14. The molecule has 5 N–H and O–H groups in total. The van der Waals surface area contributed by atoms with Gasteiger partial charge in [0.2, 0.25) is 11.8 Å². The Hall–Kier alpha value is -2.12. The maximum atomic E-state index is 13.5. The van der Waals surface area contributed by atoms with Crippen molar-refractivity contribution < 1.29 is 62.7 Å². The molecule has 0 aromatic rings. The number of nitrogens with two attached hydrogens (primary N) is 1. The Balaban J connectivity index is 0.00000454. The maximum Gasteiger partial charge on any atom is 0.336 e. The number of aliphatic hydroxyl groups excluding tert-OH is 1. The second-order valence-electron chi connectivity index (χ2n) is 9.10. The highest BCUT2D eigenvalue weighted by Gasteiger charge is 2.49. The molecule has 0 aromatic carbocycles. The van der Waals surface area contributed by atoms with Crippen LogP contribution >= 0.6 is 67.8 Å². The Morgan fingerprint density at radius 2 is 1.42 bits per heavy atom. The number of hydrogen-bond acceptors (Lipinski definition) is 13. The predicted octanol–water partition coefficient (Wildman–Crippen LogP) is 0.527. The van der Waals surface area contributed by atoms with E-state index < -0.39 is 61.3 Å². The molecule has 0 saturated carbocycles. The number of hydrogen-bond donors (Lipinski definition) is 4. The minimum Gasteiger partial charge on any atom is -0.478 e. The highest BCUT2D eigenvalue weighted by atomic mass is 127. The zero-order valence-corrected chi connectivity index (χ0v) is 31.6. The molecule has 4 unspecified atom stereocenters. The number of aliphatic carboxylic acids is 1. The van der Waals surface area contributed by atoms with Crippen molar-refractivity contribution in [1.82, 2.24) is 10.2 Å². The molecule has 16 nitrogen and oxygen atoms in total. The number of carbonyl (C=O) groups is 7. The molecule has 19 heteroatoms. The van der Waals surface area contributed by atoms with Crippen molar-refractivity contribution in [3.8, 4) is 0 Å². The zero-order chi connectivity index (χ0) is 35.1. The van der Waals surface area contributed by atoms with Gasteiger partial charge in [0.05, 0.1) is 29.2 Å². The Morgan fingerprint density at radius 3 is 1.82 bits per heavy atom.